The van der Waals surface area contributed by atoms with Crippen LogP contribution in [0, 0.1) is 13.8 Å². The van der Waals surface area contributed by atoms with Crippen molar-refractivity contribution >= 4 is 65.6 Å². The number of benzene rings is 4. The standard InChI is InChI=1S/2C17H15ClN4O4S.Cr.H3N/c2*1-10-16(17(24)22(21-10)12-5-3-4-11(18)8-12)20-19-14-9-13(27(2,25)26)6-7-15(14)23;;/h3-9,23-24H,1-2H3;3-9,21,23H,1-2H3;;1H3/q;;+3;/p-3. The molecule has 4 N–H and O–H groups in total. The second-order valence-electron chi connectivity index (χ2n) is 11.5. The minimum atomic E-state index is -3.51. The number of H-pyrrole nitrogens is 1. The molecule has 6 aromatic rings. The van der Waals surface area contributed by atoms with Crippen molar-refractivity contribution in [3.05, 3.63) is 117 Å². The van der Waals surface area contributed by atoms with Crippen LogP contribution in [0.25, 0.3) is 11.4 Å². The molecular weight excluding hydrogens is 849 g/mol. The van der Waals surface area contributed by atoms with Gasteiger partial charge in [0.05, 0.1) is 43.9 Å². The summed E-state index contributed by atoms with van der Waals surface area (Å²) >= 11 is 11.9. The van der Waals surface area contributed by atoms with Crippen molar-refractivity contribution in [2.24, 2.45) is 20.5 Å². The number of hydrogen-bond acceptors (Lipinski definition) is 14. The van der Waals surface area contributed by atoms with E-state index in [-0.39, 0.29) is 56.1 Å². The molecular formula is C34H30Cl2CrN9O8S2. The Hall–Kier alpha value is -5.33. The Kier molecular flexibility index (Phi) is 14.6. The molecule has 0 unspecified atom stereocenters. The van der Waals surface area contributed by atoms with Gasteiger partial charge in [0.1, 0.15) is 5.69 Å². The Balaban J connectivity index is 0.000000290. The smallest absolute Gasteiger partial charge is 0.871 e. The predicted molar refractivity (Wildman–Crippen MR) is 200 cm³/mol. The first-order valence-electron chi connectivity index (χ1n) is 15.3. The van der Waals surface area contributed by atoms with Crippen LogP contribution in [0.3, 0.4) is 0 Å². The van der Waals surface area contributed by atoms with Crippen molar-refractivity contribution in [1.29, 1.82) is 0 Å². The fourth-order valence-corrected chi connectivity index (χ4v) is 6.32. The van der Waals surface area contributed by atoms with Gasteiger partial charge in [-0.25, -0.2) is 26.2 Å². The van der Waals surface area contributed by atoms with E-state index in [1.807, 2.05) is 0 Å². The van der Waals surface area contributed by atoms with Crippen molar-refractivity contribution in [3.63, 3.8) is 0 Å². The molecule has 0 saturated carbocycles. The molecule has 22 heteroatoms. The number of sulfone groups is 2. The number of nitrogens with one attached hydrogen (secondary N) is 1. The summed E-state index contributed by atoms with van der Waals surface area (Å²) in [4.78, 5) is 12.5. The number of aromatic nitrogens is 4. The van der Waals surface area contributed by atoms with Gasteiger partial charge in [-0.1, -0.05) is 59.0 Å². The third-order valence-corrected chi connectivity index (χ3v) is 10.1. The molecule has 0 amide bonds. The van der Waals surface area contributed by atoms with Gasteiger partial charge in [0.2, 0.25) is 0 Å². The van der Waals surface area contributed by atoms with Gasteiger partial charge in [0, 0.05) is 28.4 Å². The van der Waals surface area contributed by atoms with E-state index in [0.29, 0.717) is 32.8 Å². The molecule has 2 heterocycles. The molecule has 4 aromatic carbocycles. The van der Waals surface area contributed by atoms with Crippen LogP contribution in [-0.2, 0) is 37.0 Å². The van der Waals surface area contributed by atoms with Crippen LogP contribution >= 0.6 is 23.2 Å². The molecule has 1 radical (unpaired) electrons. The van der Waals surface area contributed by atoms with E-state index in [4.69, 9.17) is 23.2 Å². The number of aromatic amines is 1. The molecule has 0 saturated heterocycles. The van der Waals surface area contributed by atoms with Crippen molar-refractivity contribution in [2.45, 2.75) is 23.6 Å². The maximum Gasteiger partial charge on any atom is 3.00 e. The predicted octanol–water partition coefficient (Wildman–Crippen LogP) is 5.98. The van der Waals surface area contributed by atoms with Gasteiger partial charge in [0.15, 0.2) is 25.4 Å². The Morgan fingerprint density at radius 2 is 1.14 bits per heavy atom. The van der Waals surface area contributed by atoms with Crippen LogP contribution in [0.2, 0.25) is 10.0 Å². The number of azo groups is 2. The van der Waals surface area contributed by atoms with Gasteiger partial charge in [-0.05, 0) is 74.5 Å². The first kappa shape index (κ1) is 45.1. The van der Waals surface area contributed by atoms with Gasteiger partial charge in [-0.15, -0.1) is 10.2 Å². The van der Waals surface area contributed by atoms with E-state index < -0.39 is 42.6 Å². The van der Waals surface area contributed by atoms with Crippen molar-refractivity contribution in [1.82, 2.24) is 25.7 Å². The summed E-state index contributed by atoms with van der Waals surface area (Å²) in [7, 11) is -7.01. The molecule has 0 spiro atoms. The summed E-state index contributed by atoms with van der Waals surface area (Å²) in [6.07, 6.45) is 2.04. The van der Waals surface area contributed by atoms with E-state index in [0.717, 1.165) is 41.5 Å². The average Bonchev–Trinajstić information content (AvgIpc) is 3.55. The van der Waals surface area contributed by atoms with Crippen molar-refractivity contribution < 1.29 is 49.5 Å². The van der Waals surface area contributed by atoms with E-state index in [1.54, 1.807) is 62.4 Å². The van der Waals surface area contributed by atoms with Gasteiger partial charge in [0.25, 0.3) is 5.56 Å². The van der Waals surface area contributed by atoms with Crippen molar-refractivity contribution in [2.75, 3.05) is 12.5 Å². The fraction of sp³-hybridized carbons (Fsp3) is 0.118. The fourth-order valence-electron chi connectivity index (χ4n) is 4.67. The number of hydrogen-bond donors (Lipinski definition) is 2. The summed E-state index contributed by atoms with van der Waals surface area (Å²) in [5.41, 5.74) is 0.801. The van der Waals surface area contributed by atoms with Crippen LogP contribution < -0.4 is 27.0 Å². The number of rotatable bonds is 8. The molecule has 56 heavy (non-hydrogen) atoms. The normalized spacial score (nSPS) is 11.5. The molecule has 0 aliphatic rings. The number of nitrogens with zero attached hydrogens (tertiary/aromatic N) is 7. The molecule has 0 bridgehead atoms. The van der Waals surface area contributed by atoms with Crippen molar-refractivity contribution in [3.8, 4) is 28.8 Å². The third kappa shape index (κ3) is 10.5. The molecule has 2 aromatic heterocycles. The molecule has 291 valence electrons. The largest absolute Gasteiger partial charge is 3.00 e. The zero-order valence-electron chi connectivity index (χ0n) is 29.7. The quantitative estimate of drug-likeness (QED) is 0.169. The van der Waals surface area contributed by atoms with Crippen LogP contribution in [-0.4, -0.2) is 48.9 Å². The maximum absolute atomic E-state index is 12.6. The maximum atomic E-state index is 12.6. The minimum absolute atomic E-state index is 0. The number of halogens is 2. The first-order chi connectivity index (χ1) is 25.3. The average molecular weight is 880 g/mol. The van der Waals surface area contributed by atoms with Crippen LogP contribution in [0.15, 0.2) is 120 Å². The summed E-state index contributed by atoms with van der Waals surface area (Å²) in [5, 5.41) is 59.5. The van der Waals surface area contributed by atoms with Crippen LogP contribution in [0.4, 0.5) is 22.7 Å². The van der Waals surface area contributed by atoms with Gasteiger partial charge >= 0.3 is 17.4 Å². The van der Waals surface area contributed by atoms with Gasteiger partial charge < -0.3 is 21.5 Å². The molecule has 0 fully saturated rings. The topological polar surface area (TPSA) is 278 Å². The minimum Gasteiger partial charge on any atom is -0.871 e. The zero-order valence-corrected chi connectivity index (χ0v) is 34.1. The molecule has 0 atom stereocenters. The van der Waals surface area contributed by atoms with E-state index in [1.165, 1.54) is 16.8 Å². The molecule has 17 nitrogen and oxygen atoms in total. The second-order valence-corrected chi connectivity index (χ2v) is 16.4. The van der Waals surface area contributed by atoms with Gasteiger partial charge in [-0.3, -0.25) is 9.89 Å². The van der Waals surface area contributed by atoms with Crippen LogP contribution in [0.1, 0.15) is 11.4 Å². The zero-order chi connectivity index (χ0) is 39.5. The Morgan fingerprint density at radius 1 is 0.679 bits per heavy atom. The Bertz CT molecular complexity index is 2750. The van der Waals surface area contributed by atoms with E-state index in [2.05, 4.69) is 30.7 Å². The SMILES string of the molecule is Cc1[nH]n(-c2cccc(Cl)c2)c(=O)c1N=Nc1cc(S(C)(=O)=O)ccc1[O-].Cc1nn(-c2cccc(Cl)c2)c([O-])c1N=Nc1cc(S(C)(=O)=O)ccc1[O-].N.[Cr+3]. The summed E-state index contributed by atoms with van der Waals surface area (Å²) in [6.45, 7) is 3.20. The monoisotopic (exact) mass is 878 g/mol. The Labute approximate surface area is 341 Å². The summed E-state index contributed by atoms with van der Waals surface area (Å²) in [6, 6.07) is 20.0. The summed E-state index contributed by atoms with van der Waals surface area (Å²) in [5.74, 6) is -1.56. The first-order valence-corrected chi connectivity index (χ1v) is 19.8. The molecule has 0 aliphatic carbocycles. The second kappa shape index (κ2) is 18.1. The third-order valence-electron chi connectivity index (χ3n) is 7.38. The summed E-state index contributed by atoms with van der Waals surface area (Å²) < 4.78 is 48.9. The van der Waals surface area contributed by atoms with E-state index in [9.17, 15) is 36.9 Å². The van der Waals surface area contributed by atoms with Crippen LogP contribution in [0.5, 0.6) is 17.4 Å². The Morgan fingerprint density at radius 3 is 1.62 bits per heavy atom. The molecule has 0 aliphatic heterocycles. The number of aryl methyl sites for hydroxylation is 2. The van der Waals surface area contributed by atoms with E-state index >= 15 is 0 Å². The molecule has 6 rings (SSSR count). The van der Waals surface area contributed by atoms with Gasteiger partial charge in [-0.2, -0.15) is 15.3 Å².